The first-order valence-corrected chi connectivity index (χ1v) is 3.90. The molecular formula is C8H16N3O+. The number of likely N-dealkylation sites (N-methyl/N-ethyl adjacent to an activating group) is 1. The summed E-state index contributed by atoms with van der Waals surface area (Å²) in [5.41, 5.74) is 0. The van der Waals surface area contributed by atoms with Gasteiger partial charge in [-0.1, -0.05) is 0 Å². The summed E-state index contributed by atoms with van der Waals surface area (Å²) in [6, 6.07) is 1.80. The number of nitrogens with zero attached hydrogens (tertiary/aromatic N) is 2. The minimum Gasteiger partial charge on any atom is -0.350 e. The van der Waals surface area contributed by atoms with Crippen LogP contribution >= 0.6 is 0 Å². The second-order valence-electron chi connectivity index (χ2n) is 3.70. The van der Waals surface area contributed by atoms with Crippen molar-refractivity contribution < 1.29 is 9.28 Å². The number of carbonyl (C=O) groups excluding carboxylic acids is 1. The van der Waals surface area contributed by atoms with Crippen molar-refractivity contribution in [1.29, 1.82) is 5.26 Å². The third kappa shape index (κ3) is 7.03. The highest BCUT2D eigenvalue weighted by molar-refractivity contribution is 5.77. The van der Waals surface area contributed by atoms with Gasteiger partial charge in [-0.3, -0.25) is 4.79 Å². The van der Waals surface area contributed by atoms with Gasteiger partial charge in [0.05, 0.1) is 40.3 Å². The molecule has 0 unspecified atom stereocenters. The van der Waals surface area contributed by atoms with E-state index in [-0.39, 0.29) is 12.3 Å². The molecule has 4 nitrogen and oxygen atoms in total. The van der Waals surface area contributed by atoms with Crippen LogP contribution in [-0.4, -0.2) is 44.6 Å². The molecule has 0 atom stereocenters. The molecule has 0 rings (SSSR count). The fraction of sp³-hybridized carbons (Fsp3) is 0.750. The van der Waals surface area contributed by atoms with Gasteiger partial charge in [-0.25, -0.2) is 0 Å². The van der Waals surface area contributed by atoms with E-state index in [2.05, 4.69) is 26.5 Å². The van der Waals surface area contributed by atoms with Crippen LogP contribution in [0.25, 0.3) is 0 Å². The molecule has 0 aromatic heterocycles. The first-order chi connectivity index (χ1) is 5.45. The molecule has 0 radical (unpaired) electrons. The molecule has 0 bridgehead atoms. The molecular weight excluding hydrogens is 154 g/mol. The molecule has 0 heterocycles. The maximum Gasteiger partial charge on any atom is 0.234 e. The molecule has 0 fully saturated rings. The number of quaternary nitrogens is 1. The summed E-state index contributed by atoms with van der Waals surface area (Å²) in [4.78, 5) is 10.8. The van der Waals surface area contributed by atoms with Crippen molar-refractivity contribution in [2.75, 3.05) is 34.2 Å². The fourth-order valence-corrected chi connectivity index (χ4v) is 0.665. The summed E-state index contributed by atoms with van der Waals surface area (Å²) in [7, 11) is 6.16. The summed E-state index contributed by atoms with van der Waals surface area (Å²) in [5.74, 6) is -0.189. The predicted octanol–water partition coefficient (Wildman–Crippen LogP) is -0.278. The first-order valence-electron chi connectivity index (χ1n) is 3.90. The standard InChI is InChI=1S/C8H15N3O/c1-11(2,3)7-6-10-8(12)4-5-9/h4,6-7H2,1-3H3/p+1. The zero-order chi connectivity index (χ0) is 9.61. The molecule has 0 aromatic rings. The highest BCUT2D eigenvalue weighted by atomic mass is 16.1. The Morgan fingerprint density at radius 3 is 2.50 bits per heavy atom. The zero-order valence-electron chi connectivity index (χ0n) is 7.92. The van der Waals surface area contributed by atoms with E-state index in [0.717, 1.165) is 11.0 Å². The van der Waals surface area contributed by atoms with E-state index in [1.165, 1.54) is 0 Å². The highest BCUT2D eigenvalue weighted by Crippen LogP contribution is 1.86. The fourth-order valence-electron chi connectivity index (χ4n) is 0.665. The van der Waals surface area contributed by atoms with Gasteiger partial charge in [0.2, 0.25) is 5.91 Å². The molecule has 0 aliphatic carbocycles. The normalized spacial score (nSPS) is 10.5. The van der Waals surface area contributed by atoms with Crippen molar-refractivity contribution in [1.82, 2.24) is 5.32 Å². The number of amides is 1. The van der Waals surface area contributed by atoms with E-state index in [1.54, 1.807) is 6.07 Å². The molecule has 0 aliphatic heterocycles. The van der Waals surface area contributed by atoms with E-state index in [0.29, 0.717) is 6.54 Å². The first kappa shape index (κ1) is 10.9. The lowest BCUT2D eigenvalue weighted by atomic mass is 10.4. The van der Waals surface area contributed by atoms with Gasteiger partial charge < -0.3 is 9.80 Å². The van der Waals surface area contributed by atoms with Crippen LogP contribution in [0.4, 0.5) is 0 Å². The Morgan fingerprint density at radius 2 is 2.08 bits per heavy atom. The van der Waals surface area contributed by atoms with Gasteiger partial charge in [0.1, 0.15) is 6.42 Å². The van der Waals surface area contributed by atoms with E-state index < -0.39 is 0 Å². The average Bonchev–Trinajstić information content (AvgIpc) is 1.84. The smallest absolute Gasteiger partial charge is 0.234 e. The minimum absolute atomic E-state index is 0.0445. The molecule has 0 saturated heterocycles. The summed E-state index contributed by atoms with van der Waals surface area (Å²) in [6.07, 6.45) is -0.0445. The number of carbonyl (C=O) groups is 1. The van der Waals surface area contributed by atoms with Crippen LogP contribution in [0.15, 0.2) is 0 Å². The monoisotopic (exact) mass is 170 g/mol. The number of nitrogens with one attached hydrogen (secondary N) is 1. The summed E-state index contributed by atoms with van der Waals surface area (Å²) < 4.78 is 0.812. The predicted molar refractivity (Wildman–Crippen MR) is 46.1 cm³/mol. The van der Waals surface area contributed by atoms with Gasteiger partial charge in [-0.05, 0) is 0 Å². The quantitative estimate of drug-likeness (QED) is 0.590. The van der Waals surface area contributed by atoms with Gasteiger partial charge in [0.15, 0.2) is 0 Å². The molecule has 0 spiro atoms. The molecule has 4 heteroatoms. The molecule has 0 aliphatic rings. The van der Waals surface area contributed by atoms with Crippen molar-refractivity contribution in [3.05, 3.63) is 0 Å². The van der Waals surface area contributed by atoms with Crippen LogP contribution in [0.3, 0.4) is 0 Å². The summed E-state index contributed by atoms with van der Waals surface area (Å²) in [5, 5.41) is 10.8. The molecule has 12 heavy (non-hydrogen) atoms. The van der Waals surface area contributed by atoms with Crippen molar-refractivity contribution in [2.24, 2.45) is 0 Å². The maximum absolute atomic E-state index is 10.8. The average molecular weight is 170 g/mol. The van der Waals surface area contributed by atoms with Crippen LogP contribution in [0, 0.1) is 11.3 Å². The van der Waals surface area contributed by atoms with E-state index >= 15 is 0 Å². The Balaban J connectivity index is 3.45. The van der Waals surface area contributed by atoms with Crippen LogP contribution in [-0.2, 0) is 4.79 Å². The van der Waals surface area contributed by atoms with Crippen LogP contribution in [0.2, 0.25) is 0 Å². The Hall–Kier alpha value is -1.08. The number of rotatable bonds is 4. The highest BCUT2D eigenvalue weighted by Gasteiger charge is 2.06. The molecule has 1 amide bonds. The van der Waals surface area contributed by atoms with Crippen molar-refractivity contribution in [3.8, 4) is 6.07 Å². The van der Waals surface area contributed by atoms with Crippen LogP contribution in [0.5, 0.6) is 0 Å². The Morgan fingerprint density at radius 1 is 1.50 bits per heavy atom. The third-order valence-corrected chi connectivity index (χ3v) is 1.34. The third-order valence-electron chi connectivity index (χ3n) is 1.34. The molecule has 0 aromatic carbocycles. The van der Waals surface area contributed by atoms with E-state index in [4.69, 9.17) is 5.26 Å². The second-order valence-corrected chi connectivity index (χ2v) is 3.70. The van der Waals surface area contributed by atoms with Crippen LogP contribution in [0.1, 0.15) is 6.42 Å². The van der Waals surface area contributed by atoms with E-state index in [1.807, 2.05) is 0 Å². The lowest BCUT2D eigenvalue weighted by Gasteiger charge is -2.23. The van der Waals surface area contributed by atoms with Gasteiger partial charge in [0, 0.05) is 0 Å². The SMILES string of the molecule is C[N+](C)(C)CCNC(=O)CC#N. The van der Waals surface area contributed by atoms with Crippen molar-refractivity contribution >= 4 is 5.91 Å². The Bertz CT molecular complexity index is 187. The zero-order valence-corrected chi connectivity index (χ0v) is 7.92. The van der Waals surface area contributed by atoms with Gasteiger partial charge in [0.25, 0.3) is 0 Å². The lowest BCUT2D eigenvalue weighted by molar-refractivity contribution is -0.869. The minimum atomic E-state index is -0.189. The summed E-state index contributed by atoms with van der Waals surface area (Å²) >= 11 is 0. The number of hydrogen-bond acceptors (Lipinski definition) is 2. The van der Waals surface area contributed by atoms with Gasteiger partial charge >= 0.3 is 0 Å². The molecule has 68 valence electrons. The Labute approximate surface area is 73.4 Å². The summed E-state index contributed by atoms with van der Waals surface area (Å²) in [6.45, 7) is 1.50. The maximum atomic E-state index is 10.8. The molecule has 0 saturated carbocycles. The Kier molecular flexibility index (Phi) is 4.30. The van der Waals surface area contributed by atoms with Crippen LogP contribution < -0.4 is 5.32 Å². The van der Waals surface area contributed by atoms with Gasteiger partial charge in [-0.15, -0.1) is 0 Å². The molecule has 1 N–H and O–H groups in total. The largest absolute Gasteiger partial charge is 0.350 e. The van der Waals surface area contributed by atoms with E-state index in [9.17, 15) is 4.79 Å². The van der Waals surface area contributed by atoms with Gasteiger partial charge in [-0.2, -0.15) is 5.26 Å². The van der Waals surface area contributed by atoms with Crippen molar-refractivity contribution in [3.63, 3.8) is 0 Å². The second kappa shape index (κ2) is 4.73. The number of nitriles is 1. The number of hydrogen-bond donors (Lipinski definition) is 1. The topological polar surface area (TPSA) is 52.9 Å². The van der Waals surface area contributed by atoms with Crippen molar-refractivity contribution in [2.45, 2.75) is 6.42 Å². The lowest BCUT2D eigenvalue weighted by Crippen LogP contribution is -2.41.